The predicted molar refractivity (Wildman–Crippen MR) is 67.2 cm³/mol. The van der Waals surface area contributed by atoms with E-state index in [4.69, 9.17) is 5.11 Å². The average Bonchev–Trinajstić information content (AvgIpc) is 2.52. The van der Waals surface area contributed by atoms with Gasteiger partial charge in [0.05, 0.1) is 11.6 Å². The quantitative estimate of drug-likeness (QED) is 0.833. The molecule has 0 bridgehead atoms. The second-order valence-electron chi connectivity index (χ2n) is 4.65. The Bertz CT molecular complexity index is 439. The highest BCUT2D eigenvalue weighted by Gasteiger charge is 2.28. The number of hydrogen-bond acceptors (Lipinski definition) is 3. The Kier molecular flexibility index (Phi) is 3.81. The van der Waals surface area contributed by atoms with E-state index in [0.29, 0.717) is 25.3 Å². The summed E-state index contributed by atoms with van der Waals surface area (Å²) >= 11 is 0. The maximum atomic E-state index is 13.8. The Morgan fingerprint density at radius 3 is 2.83 bits per heavy atom. The molecule has 0 aromatic heterocycles. The standard InChI is InChI=1S/C13H17FN2O2/c1-9-6-15-7-10(13(17)18)8-16(9)12-5-3-2-4-11(12)14/h2-5,9-10,15H,6-8H2,1H3,(H,17,18). The highest BCUT2D eigenvalue weighted by molar-refractivity contribution is 5.71. The molecule has 1 heterocycles. The van der Waals surface area contributed by atoms with Crippen LogP contribution in [0.2, 0.25) is 0 Å². The van der Waals surface area contributed by atoms with Gasteiger partial charge in [0.25, 0.3) is 0 Å². The molecule has 4 nitrogen and oxygen atoms in total. The molecule has 18 heavy (non-hydrogen) atoms. The van der Waals surface area contributed by atoms with E-state index in [1.807, 2.05) is 11.8 Å². The zero-order valence-corrected chi connectivity index (χ0v) is 10.3. The summed E-state index contributed by atoms with van der Waals surface area (Å²) in [5, 5.41) is 12.2. The van der Waals surface area contributed by atoms with Crippen molar-refractivity contribution in [3.05, 3.63) is 30.1 Å². The Hall–Kier alpha value is -1.62. The van der Waals surface area contributed by atoms with Crippen molar-refractivity contribution in [1.29, 1.82) is 0 Å². The molecule has 5 heteroatoms. The summed E-state index contributed by atoms with van der Waals surface area (Å²) in [7, 11) is 0. The normalized spacial score (nSPS) is 24.7. The fourth-order valence-electron chi connectivity index (χ4n) is 2.24. The van der Waals surface area contributed by atoms with Gasteiger partial charge in [0, 0.05) is 25.7 Å². The first kappa shape index (κ1) is 12.8. The number of carboxylic acid groups (broad SMARTS) is 1. The molecule has 0 amide bonds. The Morgan fingerprint density at radius 2 is 2.17 bits per heavy atom. The van der Waals surface area contributed by atoms with Crippen LogP contribution in [0.1, 0.15) is 6.92 Å². The van der Waals surface area contributed by atoms with Crippen molar-refractivity contribution in [1.82, 2.24) is 5.32 Å². The summed E-state index contributed by atoms with van der Waals surface area (Å²) in [6.45, 7) is 3.36. The van der Waals surface area contributed by atoms with E-state index < -0.39 is 11.9 Å². The lowest BCUT2D eigenvalue weighted by atomic mass is 10.1. The molecular formula is C13H17FN2O2. The molecule has 1 fully saturated rings. The summed E-state index contributed by atoms with van der Waals surface area (Å²) in [6, 6.07) is 6.55. The van der Waals surface area contributed by atoms with Crippen LogP contribution >= 0.6 is 0 Å². The summed E-state index contributed by atoms with van der Waals surface area (Å²) < 4.78 is 13.8. The molecule has 2 unspecified atom stereocenters. The van der Waals surface area contributed by atoms with E-state index in [1.165, 1.54) is 6.07 Å². The van der Waals surface area contributed by atoms with Crippen LogP contribution < -0.4 is 10.2 Å². The van der Waals surface area contributed by atoms with Gasteiger partial charge in [-0.05, 0) is 19.1 Å². The summed E-state index contributed by atoms with van der Waals surface area (Å²) in [5.74, 6) is -1.68. The lowest BCUT2D eigenvalue weighted by Crippen LogP contribution is -2.39. The van der Waals surface area contributed by atoms with E-state index in [2.05, 4.69) is 5.32 Å². The lowest BCUT2D eigenvalue weighted by molar-refractivity contribution is -0.141. The molecule has 1 aliphatic heterocycles. The van der Waals surface area contributed by atoms with Crippen molar-refractivity contribution in [2.75, 3.05) is 24.5 Å². The van der Waals surface area contributed by atoms with E-state index >= 15 is 0 Å². The minimum absolute atomic E-state index is 0.0613. The minimum Gasteiger partial charge on any atom is -0.481 e. The number of nitrogens with zero attached hydrogens (tertiary/aromatic N) is 1. The zero-order chi connectivity index (χ0) is 13.1. The van der Waals surface area contributed by atoms with Crippen molar-refractivity contribution in [2.24, 2.45) is 5.92 Å². The fourth-order valence-corrected chi connectivity index (χ4v) is 2.24. The van der Waals surface area contributed by atoms with E-state index in [1.54, 1.807) is 18.2 Å². The highest BCUT2D eigenvalue weighted by Crippen LogP contribution is 2.23. The predicted octanol–water partition coefficient (Wildman–Crippen LogP) is 1.32. The third kappa shape index (κ3) is 2.61. The molecular weight excluding hydrogens is 235 g/mol. The Labute approximate surface area is 105 Å². The number of rotatable bonds is 2. The van der Waals surface area contributed by atoms with Crippen LogP contribution in [0, 0.1) is 11.7 Å². The first-order valence-corrected chi connectivity index (χ1v) is 6.04. The molecule has 0 saturated carbocycles. The van der Waals surface area contributed by atoms with Gasteiger partial charge in [-0.25, -0.2) is 4.39 Å². The first-order valence-electron chi connectivity index (χ1n) is 6.04. The SMILES string of the molecule is CC1CNCC(C(=O)O)CN1c1ccccc1F. The van der Waals surface area contributed by atoms with Crippen LogP contribution in [0.15, 0.2) is 24.3 Å². The van der Waals surface area contributed by atoms with Gasteiger partial charge in [-0.1, -0.05) is 12.1 Å². The van der Waals surface area contributed by atoms with Crippen LogP contribution in [-0.4, -0.2) is 36.8 Å². The molecule has 1 aromatic carbocycles. The highest BCUT2D eigenvalue weighted by atomic mass is 19.1. The Balaban J connectivity index is 2.28. The topological polar surface area (TPSA) is 52.6 Å². The first-order chi connectivity index (χ1) is 8.59. The number of nitrogens with one attached hydrogen (secondary N) is 1. The lowest BCUT2D eigenvalue weighted by Gasteiger charge is -2.30. The van der Waals surface area contributed by atoms with E-state index in [-0.39, 0.29) is 11.9 Å². The number of halogens is 1. The van der Waals surface area contributed by atoms with Crippen molar-refractivity contribution in [2.45, 2.75) is 13.0 Å². The van der Waals surface area contributed by atoms with Crippen molar-refractivity contribution >= 4 is 11.7 Å². The third-order valence-electron chi connectivity index (χ3n) is 3.29. The van der Waals surface area contributed by atoms with Crippen molar-refractivity contribution < 1.29 is 14.3 Å². The number of benzene rings is 1. The van der Waals surface area contributed by atoms with Gasteiger partial charge in [-0.15, -0.1) is 0 Å². The van der Waals surface area contributed by atoms with Crippen LogP contribution in [0.25, 0.3) is 0 Å². The average molecular weight is 252 g/mol. The molecule has 0 spiro atoms. The summed E-state index contributed by atoms with van der Waals surface area (Å²) in [4.78, 5) is 12.9. The van der Waals surface area contributed by atoms with Crippen molar-refractivity contribution in [3.8, 4) is 0 Å². The maximum Gasteiger partial charge on any atom is 0.309 e. The Morgan fingerprint density at radius 1 is 1.44 bits per heavy atom. The third-order valence-corrected chi connectivity index (χ3v) is 3.29. The zero-order valence-electron chi connectivity index (χ0n) is 10.3. The molecule has 1 aromatic rings. The van der Waals surface area contributed by atoms with Gasteiger partial charge in [0.15, 0.2) is 0 Å². The molecule has 1 aliphatic rings. The van der Waals surface area contributed by atoms with Gasteiger partial charge in [-0.2, -0.15) is 0 Å². The van der Waals surface area contributed by atoms with E-state index in [9.17, 15) is 9.18 Å². The second-order valence-corrected chi connectivity index (χ2v) is 4.65. The molecule has 2 rings (SSSR count). The van der Waals surface area contributed by atoms with E-state index in [0.717, 1.165) is 0 Å². The number of aliphatic carboxylic acids is 1. The van der Waals surface area contributed by atoms with Crippen LogP contribution in [0.3, 0.4) is 0 Å². The molecule has 0 aliphatic carbocycles. The summed E-state index contributed by atoms with van der Waals surface area (Å²) in [6.07, 6.45) is 0. The molecule has 2 N–H and O–H groups in total. The molecule has 98 valence electrons. The minimum atomic E-state index is -0.849. The number of anilines is 1. The fraction of sp³-hybridized carbons (Fsp3) is 0.462. The van der Waals surface area contributed by atoms with Gasteiger partial charge in [0.2, 0.25) is 0 Å². The molecule has 0 radical (unpaired) electrons. The molecule has 2 atom stereocenters. The summed E-state index contributed by atoms with van der Waals surface area (Å²) in [5.41, 5.74) is 0.472. The number of hydrogen-bond donors (Lipinski definition) is 2. The monoisotopic (exact) mass is 252 g/mol. The van der Waals surface area contributed by atoms with Crippen molar-refractivity contribution in [3.63, 3.8) is 0 Å². The number of para-hydroxylation sites is 1. The van der Waals surface area contributed by atoms with Gasteiger partial charge < -0.3 is 15.3 Å². The van der Waals surface area contributed by atoms with Crippen LogP contribution in [-0.2, 0) is 4.79 Å². The van der Waals surface area contributed by atoms with Gasteiger partial charge >= 0.3 is 5.97 Å². The largest absolute Gasteiger partial charge is 0.481 e. The maximum absolute atomic E-state index is 13.8. The second kappa shape index (κ2) is 5.35. The number of carboxylic acids is 1. The number of carbonyl (C=O) groups is 1. The van der Waals surface area contributed by atoms with Gasteiger partial charge in [0.1, 0.15) is 5.82 Å². The smallest absolute Gasteiger partial charge is 0.309 e. The molecule has 1 saturated heterocycles. The van der Waals surface area contributed by atoms with Crippen LogP contribution in [0.5, 0.6) is 0 Å². The van der Waals surface area contributed by atoms with Crippen LogP contribution in [0.4, 0.5) is 10.1 Å². The van der Waals surface area contributed by atoms with Gasteiger partial charge in [-0.3, -0.25) is 4.79 Å².